The molecule has 0 aliphatic rings. The Balaban J connectivity index is 2.32. The number of fused-ring (bicyclic) bond motifs is 1. The molecule has 0 spiro atoms. The standard InChI is InChI=1S/C13H14N3O6P/c1-3-19-23(18,20-8-15-16-14)22-10-4-5-11-9(2)6-13(17)21-12(11)7-10/h4-7H,3,8H2,1-2H3. The maximum absolute atomic E-state index is 12.4. The molecule has 23 heavy (non-hydrogen) atoms. The molecule has 0 saturated carbocycles. The van der Waals surface area contributed by atoms with Crippen molar-refractivity contribution in [2.24, 2.45) is 5.11 Å². The lowest BCUT2D eigenvalue weighted by Crippen LogP contribution is -2.03. The molecule has 0 fully saturated rings. The van der Waals surface area contributed by atoms with E-state index in [4.69, 9.17) is 23.5 Å². The van der Waals surface area contributed by atoms with Gasteiger partial charge in [-0.1, -0.05) is 5.11 Å². The Morgan fingerprint density at radius 3 is 2.83 bits per heavy atom. The van der Waals surface area contributed by atoms with Crippen molar-refractivity contribution < 1.29 is 22.6 Å². The molecule has 0 bridgehead atoms. The largest absolute Gasteiger partial charge is 0.530 e. The molecule has 1 aromatic carbocycles. The van der Waals surface area contributed by atoms with E-state index in [1.807, 2.05) is 0 Å². The molecule has 0 amide bonds. The lowest BCUT2D eigenvalue weighted by molar-refractivity contribution is 0.164. The zero-order chi connectivity index (χ0) is 16.9. The second-order valence-electron chi connectivity index (χ2n) is 4.35. The third-order valence-electron chi connectivity index (χ3n) is 2.76. The topological polar surface area (TPSA) is 124 Å². The summed E-state index contributed by atoms with van der Waals surface area (Å²) in [5.74, 6) is 0.129. The summed E-state index contributed by atoms with van der Waals surface area (Å²) in [6, 6.07) is 5.98. The van der Waals surface area contributed by atoms with E-state index in [1.54, 1.807) is 19.9 Å². The van der Waals surface area contributed by atoms with Gasteiger partial charge in [0.15, 0.2) is 0 Å². The van der Waals surface area contributed by atoms with Gasteiger partial charge in [0.1, 0.15) is 18.1 Å². The van der Waals surface area contributed by atoms with E-state index in [0.29, 0.717) is 0 Å². The molecular weight excluding hydrogens is 325 g/mol. The van der Waals surface area contributed by atoms with Gasteiger partial charge >= 0.3 is 13.4 Å². The summed E-state index contributed by atoms with van der Waals surface area (Å²) in [7, 11) is -3.96. The number of rotatable bonds is 7. The van der Waals surface area contributed by atoms with Gasteiger partial charge in [-0.25, -0.2) is 9.36 Å². The van der Waals surface area contributed by atoms with Gasteiger partial charge in [-0.05, 0) is 37.1 Å². The van der Waals surface area contributed by atoms with Gasteiger partial charge in [0.05, 0.1) is 6.61 Å². The summed E-state index contributed by atoms with van der Waals surface area (Å²) in [4.78, 5) is 13.9. The number of aryl methyl sites for hydroxylation is 1. The van der Waals surface area contributed by atoms with Crippen molar-refractivity contribution in [3.8, 4) is 5.75 Å². The van der Waals surface area contributed by atoms with Gasteiger partial charge in [-0.15, -0.1) is 0 Å². The fourth-order valence-electron chi connectivity index (χ4n) is 1.86. The SMILES string of the molecule is CCOP(=O)(OCN=[N+]=[N-])Oc1ccc2c(C)cc(=O)oc2c1. The number of hydrogen-bond acceptors (Lipinski definition) is 7. The maximum atomic E-state index is 12.4. The zero-order valence-electron chi connectivity index (χ0n) is 12.5. The lowest BCUT2D eigenvalue weighted by Gasteiger charge is -2.17. The molecule has 0 aliphatic carbocycles. The van der Waals surface area contributed by atoms with Gasteiger partial charge in [0.25, 0.3) is 0 Å². The Bertz CT molecular complexity index is 858. The molecule has 9 nitrogen and oxygen atoms in total. The van der Waals surface area contributed by atoms with E-state index >= 15 is 0 Å². The second-order valence-corrected chi connectivity index (χ2v) is 5.95. The van der Waals surface area contributed by atoms with E-state index in [0.717, 1.165) is 10.9 Å². The van der Waals surface area contributed by atoms with E-state index in [9.17, 15) is 9.36 Å². The summed E-state index contributed by atoms with van der Waals surface area (Å²) in [5.41, 5.74) is 8.75. The normalized spacial score (nSPS) is 13.3. The van der Waals surface area contributed by atoms with Crippen LogP contribution in [0.2, 0.25) is 0 Å². The first-order valence-electron chi connectivity index (χ1n) is 6.61. The minimum Gasteiger partial charge on any atom is -0.423 e. The molecule has 1 unspecified atom stereocenters. The summed E-state index contributed by atoms with van der Waals surface area (Å²) < 4.78 is 32.6. The van der Waals surface area contributed by atoms with Gasteiger partial charge < -0.3 is 8.94 Å². The predicted octanol–water partition coefficient (Wildman–Crippen LogP) is 3.91. The Morgan fingerprint density at radius 1 is 1.35 bits per heavy atom. The Kier molecular flexibility index (Phi) is 5.41. The van der Waals surface area contributed by atoms with Crippen LogP contribution in [-0.4, -0.2) is 13.3 Å². The predicted molar refractivity (Wildman–Crippen MR) is 82.2 cm³/mol. The first-order chi connectivity index (χ1) is 11.0. The highest BCUT2D eigenvalue weighted by Crippen LogP contribution is 2.49. The highest BCUT2D eigenvalue weighted by Gasteiger charge is 2.28. The third kappa shape index (κ3) is 4.34. The van der Waals surface area contributed by atoms with Gasteiger partial charge in [-0.2, -0.15) is 0 Å². The van der Waals surface area contributed by atoms with E-state index in [-0.39, 0.29) is 17.9 Å². The Labute approximate surface area is 131 Å². The monoisotopic (exact) mass is 339 g/mol. The summed E-state index contributed by atoms with van der Waals surface area (Å²) >= 11 is 0. The van der Waals surface area contributed by atoms with Crippen molar-refractivity contribution in [3.63, 3.8) is 0 Å². The van der Waals surface area contributed by atoms with E-state index < -0.39 is 20.2 Å². The van der Waals surface area contributed by atoms with Crippen molar-refractivity contribution in [1.29, 1.82) is 0 Å². The average molecular weight is 339 g/mol. The molecule has 0 saturated heterocycles. The molecule has 1 atom stereocenters. The van der Waals surface area contributed by atoms with Crippen LogP contribution in [0, 0.1) is 6.92 Å². The van der Waals surface area contributed by atoms with Crippen molar-refractivity contribution in [2.75, 3.05) is 13.3 Å². The number of phosphoric acid groups is 1. The molecule has 122 valence electrons. The molecule has 0 aliphatic heterocycles. The van der Waals surface area contributed by atoms with Crippen LogP contribution in [-0.2, 0) is 13.6 Å². The molecular formula is C13H14N3O6P. The fourth-order valence-corrected chi connectivity index (χ4v) is 2.92. The van der Waals surface area contributed by atoms with Gasteiger partial charge in [0, 0.05) is 22.4 Å². The highest BCUT2D eigenvalue weighted by molar-refractivity contribution is 7.48. The molecule has 1 aromatic heterocycles. The first-order valence-corrected chi connectivity index (χ1v) is 8.07. The number of azide groups is 1. The van der Waals surface area contributed by atoms with E-state index in [1.165, 1.54) is 18.2 Å². The van der Waals surface area contributed by atoms with Gasteiger partial charge in [0.2, 0.25) is 0 Å². The van der Waals surface area contributed by atoms with E-state index in [2.05, 4.69) is 10.0 Å². The van der Waals surface area contributed by atoms with Crippen molar-refractivity contribution in [2.45, 2.75) is 13.8 Å². The number of nitrogens with zero attached hydrogens (tertiary/aromatic N) is 3. The molecule has 10 heteroatoms. The van der Waals surface area contributed by atoms with Crippen molar-refractivity contribution in [3.05, 3.63) is 50.7 Å². The smallest absolute Gasteiger partial charge is 0.423 e. The third-order valence-corrected chi connectivity index (χ3v) is 4.20. The summed E-state index contributed by atoms with van der Waals surface area (Å²) in [5, 5.41) is 3.84. The molecule has 2 aromatic rings. The molecule has 0 radical (unpaired) electrons. The molecule has 1 heterocycles. The van der Waals surface area contributed by atoms with Crippen LogP contribution < -0.4 is 10.1 Å². The number of hydrogen-bond donors (Lipinski definition) is 0. The van der Waals surface area contributed by atoms with Crippen LogP contribution in [0.5, 0.6) is 5.75 Å². The van der Waals surface area contributed by atoms with Crippen LogP contribution >= 0.6 is 7.82 Å². The van der Waals surface area contributed by atoms with Crippen LogP contribution in [0.15, 0.2) is 38.6 Å². The second kappa shape index (κ2) is 7.30. The first kappa shape index (κ1) is 17.1. The van der Waals surface area contributed by atoms with Gasteiger partial charge in [-0.3, -0.25) is 9.05 Å². The maximum Gasteiger partial charge on any atom is 0.530 e. The average Bonchev–Trinajstić information content (AvgIpc) is 2.47. The van der Waals surface area contributed by atoms with Crippen LogP contribution in [0.3, 0.4) is 0 Å². The number of phosphoric ester groups is 1. The fraction of sp³-hybridized carbons (Fsp3) is 0.308. The minimum atomic E-state index is -3.96. The van der Waals surface area contributed by atoms with Crippen LogP contribution in [0.1, 0.15) is 12.5 Å². The number of benzene rings is 1. The quantitative estimate of drug-likeness (QED) is 0.248. The van der Waals surface area contributed by atoms with Crippen molar-refractivity contribution >= 4 is 18.8 Å². The summed E-state index contributed by atoms with van der Waals surface area (Å²) in [6.07, 6.45) is 0. The Hall–Kier alpha value is -2.31. The van der Waals surface area contributed by atoms with Crippen LogP contribution in [0.25, 0.3) is 21.4 Å². The molecule has 2 rings (SSSR count). The lowest BCUT2D eigenvalue weighted by atomic mass is 10.1. The zero-order valence-corrected chi connectivity index (χ0v) is 13.4. The highest BCUT2D eigenvalue weighted by atomic mass is 31.2. The summed E-state index contributed by atoms with van der Waals surface area (Å²) in [6.45, 7) is 2.94. The molecule has 0 N–H and O–H groups in total. The minimum absolute atomic E-state index is 0.0648. The van der Waals surface area contributed by atoms with Crippen LogP contribution in [0.4, 0.5) is 0 Å². The Morgan fingerprint density at radius 2 is 2.13 bits per heavy atom. The van der Waals surface area contributed by atoms with Crippen molar-refractivity contribution in [1.82, 2.24) is 0 Å².